The maximum atomic E-state index is 13.1. The van der Waals surface area contributed by atoms with Crippen molar-refractivity contribution < 1.29 is 26.7 Å². The summed E-state index contributed by atoms with van der Waals surface area (Å²) in [6.45, 7) is 2.87. The summed E-state index contributed by atoms with van der Waals surface area (Å²) in [6, 6.07) is 5.48. The van der Waals surface area contributed by atoms with Gasteiger partial charge in [0.25, 0.3) is 12.0 Å². The molecule has 1 N–H and O–H groups in total. The highest BCUT2D eigenvalue weighted by molar-refractivity contribution is 5.90. The summed E-state index contributed by atoms with van der Waals surface area (Å²) >= 11 is 0. The normalized spacial score (nSPS) is 12.3. The second-order valence-electron chi connectivity index (χ2n) is 7.80. The minimum Gasteiger partial charge on any atom is -0.308 e. The third-order valence-electron chi connectivity index (χ3n) is 4.99. The second kappa shape index (κ2) is 8.47. The number of imidazole rings is 1. The number of anilines is 1. The van der Waals surface area contributed by atoms with Crippen molar-refractivity contribution in [3.63, 3.8) is 0 Å². The zero-order valence-corrected chi connectivity index (χ0v) is 17.8. The van der Waals surface area contributed by atoms with E-state index >= 15 is 0 Å². The average molecular weight is 480 g/mol. The van der Waals surface area contributed by atoms with E-state index in [4.69, 9.17) is 0 Å². The maximum Gasteiger partial charge on any atom is 0.416 e. The number of hydrogen-bond donors (Lipinski definition) is 1. The van der Waals surface area contributed by atoms with Crippen LogP contribution in [0.5, 0.6) is 0 Å². The minimum atomic E-state index is -4.59. The van der Waals surface area contributed by atoms with Gasteiger partial charge in [0.1, 0.15) is 12.2 Å². The summed E-state index contributed by atoms with van der Waals surface area (Å²) in [5, 5.41) is 10.6. The van der Waals surface area contributed by atoms with Crippen LogP contribution in [0.25, 0.3) is 16.4 Å². The van der Waals surface area contributed by atoms with E-state index in [-0.39, 0.29) is 33.8 Å². The molecule has 0 spiro atoms. The van der Waals surface area contributed by atoms with Crippen LogP contribution in [-0.4, -0.2) is 30.3 Å². The third kappa shape index (κ3) is 4.45. The summed E-state index contributed by atoms with van der Waals surface area (Å²) in [7, 11) is 0. The van der Waals surface area contributed by atoms with E-state index in [1.807, 2.05) is 0 Å². The SMILES string of the molecule is CC(C)c1nn(CC(=O)Nc2ccc3nc(C(F)F)cn3n2)c(=O)c2ccc(C(F)(F)F)cc12. The number of nitrogens with one attached hydrogen (secondary N) is 1. The zero-order chi connectivity index (χ0) is 24.8. The number of alkyl halides is 5. The Hall–Kier alpha value is -3.90. The van der Waals surface area contributed by atoms with Gasteiger partial charge in [-0.05, 0) is 36.2 Å². The fourth-order valence-electron chi connectivity index (χ4n) is 3.41. The molecule has 4 rings (SSSR count). The fraction of sp³-hybridized carbons (Fsp3) is 0.286. The van der Waals surface area contributed by atoms with Crippen molar-refractivity contribution >= 4 is 28.1 Å². The molecule has 0 saturated heterocycles. The number of fused-ring (bicyclic) bond motifs is 2. The molecule has 0 unspecified atom stereocenters. The molecule has 0 aliphatic heterocycles. The van der Waals surface area contributed by atoms with Crippen molar-refractivity contribution in [2.24, 2.45) is 0 Å². The van der Waals surface area contributed by atoms with Crippen LogP contribution < -0.4 is 10.9 Å². The largest absolute Gasteiger partial charge is 0.416 e. The lowest BCUT2D eigenvalue weighted by Crippen LogP contribution is -2.31. The number of rotatable bonds is 5. The third-order valence-corrected chi connectivity index (χ3v) is 4.99. The topological polar surface area (TPSA) is 94.2 Å². The highest BCUT2D eigenvalue weighted by atomic mass is 19.4. The van der Waals surface area contributed by atoms with Crippen molar-refractivity contribution in [1.29, 1.82) is 0 Å². The first-order chi connectivity index (χ1) is 15.9. The Kier molecular flexibility index (Phi) is 5.79. The molecular weight excluding hydrogens is 463 g/mol. The van der Waals surface area contributed by atoms with E-state index in [2.05, 4.69) is 20.5 Å². The first-order valence-electron chi connectivity index (χ1n) is 10.0. The van der Waals surface area contributed by atoms with Gasteiger partial charge in [-0.3, -0.25) is 9.59 Å². The monoisotopic (exact) mass is 480 g/mol. The zero-order valence-electron chi connectivity index (χ0n) is 17.8. The number of halogens is 5. The van der Waals surface area contributed by atoms with E-state index in [0.717, 1.165) is 33.6 Å². The lowest BCUT2D eigenvalue weighted by Gasteiger charge is -2.15. The lowest BCUT2D eigenvalue weighted by atomic mass is 10.0. The van der Waals surface area contributed by atoms with Crippen LogP contribution in [0.15, 0.2) is 41.3 Å². The first kappa shape index (κ1) is 23.3. The van der Waals surface area contributed by atoms with Crippen LogP contribution in [-0.2, 0) is 17.5 Å². The standard InChI is InChI=1S/C21H17F5N6O2/c1-10(2)18-13-7-11(21(24,25)26)3-4-12(13)20(34)32(30-18)9-17(33)28-15-5-6-16-27-14(19(22)23)8-31(16)29-15/h3-8,10,19H,9H2,1-2H3,(H,28,29,33). The van der Waals surface area contributed by atoms with Crippen LogP contribution in [0.3, 0.4) is 0 Å². The van der Waals surface area contributed by atoms with Gasteiger partial charge in [0.05, 0.1) is 22.8 Å². The predicted molar refractivity (Wildman–Crippen MR) is 112 cm³/mol. The van der Waals surface area contributed by atoms with E-state index in [1.165, 1.54) is 12.1 Å². The molecule has 0 bridgehead atoms. The van der Waals surface area contributed by atoms with Gasteiger partial charge in [0, 0.05) is 5.39 Å². The van der Waals surface area contributed by atoms with Crippen LogP contribution in [0.1, 0.15) is 43.1 Å². The quantitative estimate of drug-likeness (QED) is 0.433. The number of carbonyl (C=O) groups excluding carboxylic acids is 1. The summed E-state index contributed by atoms with van der Waals surface area (Å²) < 4.78 is 67.0. The highest BCUT2D eigenvalue weighted by Gasteiger charge is 2.31. The summed E-state index contributed by atoms with van der Waals surface area (Å²) in [5.41, 5.74) is -1.73. The number of benzene rings is 1. The van der Waals surface area contributed by atoms with Crippen LogP contribution in [0, 0.1) is 0 Å². The van der Waals surface area contributed by atoms with E-state index in [9.17, 15) is 31.5 Å². The first-order valence-corrected chi connectivity index (χ1v) is 10.0. The average Bonchev–Trinajstić information content (AvgIpc) is 3.18. The van der Waals surface area contributed by atoms with Crippen molar-refractivity contribution in [2.75, 3.05) is 5.32 Å². The van der Waals surface area contributed by atoms with Gasteiger partial charge in [0.2, 0.25) is 5.91 Å². The van der Waals surface area contributed by atoms with Gasteiger partial charge in [-0.15, -0.1) is 5.10 Å². The van der Waals surface area contributed by atoms with Gasteiger partial charge in [-0.1, -0.05) is 13.8 Å². The van der Waals surface area contributed by atoms with Crippen LogP contribution in [0.4, 0.5) is 27.8 Å². The Morgan fingerprint density at radius 2 is 1.82 bits per heavy atom. The lowest BCUT2D eigenvalue weighted by molar-refractivity contribution is -0.137. The molecule has 3 heterocycles. The predicted octanol–water partition coefficient (Wildman–Crippen LogP) is 4.16. The van der Waals surface area contributed by atoms with Gasteiger partial charge >= 0.3 is 6.18 Å². The molecule has 8 nitrogen and oxygen atoms in total. The molecule has 4 aromatic rings. The Bertz CT molecular complexity index is 1460. The van der Waals surface area contributed by atoms with Crippen LogP contribution >= 0.6 is 0 Å². The molecule has 13 heteroatoms. The van der Waals surface area contributed by atoms with E-state index < -0.39 is 41.9 Å². The molecule has 34 heavy (non-hydrogen) atoms. The Labute approximate surface area is 188 Å². The number of hydrogen-bond acceptors (Lipinski definition) is 5. The highest BCUT2D eigenvalue weighted by Crippen LogP contribution is 2.32. The number of nitrogens with zero attached hydrogens (tertiary/aromatic N) is 5. The smallest absolute Gasteiger partial charge is 0.308 e. The molecule has 0 aliphatic carbocycles. The van der Waals surface area contributed by atoms with Crippen molar-refractivity contribution in [2.45, 2.75) is 38.9 Å². The number of amides is 1. The van der Waals surface area contributed by atoms with E-state index in [1.54, 1.807) is 13.8 Å². The number of aromatic nitrogens is 5. The summed E-state index contributed by atoms with van der Waals surface area (Å²) in [5.74, 6) is -1.02. The van der Waals surface area contributed by atoms with E-state index in [0.29, 0.717) is 0 Å². The maximum absolute atomic E-state index is 13.1. The molecule has 0 atom stereocenters. The minimum absolute atomic E-state index is 0.00279. The van der Waals surface area contributed by atoms with Gasteiger partial charge in [-0.2, -0.15) is 18.3 Å². The molecule has 0 radical (unpaired) electrons. The van der Waals surface area contributed by atoms with Gasteiger partial charge in [-0.25, -0.2) is 23.0 Å². The van der Waals surface area contributed by atoms with Crippen molar-refractivity contribution in [3.8, 4) is 0 Å². The Morgan fingerprint density at radius 1 is 1.09 bits per heavy atom. The molecule has 3 aromatic heterocycles. The fourth-order valence-corrected chi connectivity index (χ4v) is 3.41. The van der Waals surface area contributed by atoms with Crippen LogP contribution in [0.2, 0.25) is 0 Å². The van der Waals surface area contributed by atoms with Gasteiger partial charge < -0.3 is 5.32 Å². The van der Waals surface area contributed by atoms with Gasteiger partial charge in [0.15, 0.2) is 11.5 Å². The molecule has 178 valence electrons. The molecule has 1 aromatic carbocycles. The Balaban J connectivity index is 1.65. The molecular formula is C21H17F5N6O2. The molecule has 0 aliphatic rings. The molecule has 0 fully saturated rings. The van der Waals surface area contributed by atoms with Crippen molar-refractivity contribution in [3.05, 3.63) is 63.8 Å². The Morgan fingerprint density at radius 3 is 2.47 bits per heavy atom. The molecule has 0 saturated carbocycles. The number of carbonyl (C=O) groups is 1. The second-order valence-corrected chi connectivity index (χ2v) is 7.80. The summed E-state index contributed by atoms with van der Waals surface area (Å²) in [4.78, 5) is 29.1. The molecule has 1 amide bonds. The van der Waals surface area contributed by atoms with Crippen molar-refractivity contribution in [1.82, 2.24) is 24.4 Å². The summed E-state index contributed by atoms with van der Waals surface area (Å²) in [6.07, 6.45) is -6.35.